The number of hydrogen-bond donors (Lipinski definition) is 0. The van der Waals surface area contributed by atoms with Gasteiger partial charge in [0.05, 0.1) is 0 Å². The number of hydrogen-bond acceptors (Lipinski definition) is 6. The maximum absolute atomic E-state index is 12.6. The number of unbranched alkanes of at least 4 members (excludes halogenated alkanes) is 25. The van der Waals surface area contributed by atoms with E-state index in [-0.39, 0.29) is 37.5 Å². The second-order valence-electron chi connectivity index (χ2n) is 15.0. The molecule has 0 N–H and O–H groups in total. The quantitative estimate of drug-likeness (QED) is 0.0270. The Morgan fingerprint density at radius 3 is 1.04 bits per heavy atom. The van der Waals surface area contributed by atoms with E-state index in [2.05, 4.69) is 45.1 Å². The molecule has 0 rings (SSSR count). The largest absolute Gasteiger partial charge is 0.462 e. The van der Waals surface area contributed by atoms with Crippen LogP contribution in [0.2, 0.25) is 0 Å². The van der Waals surface area contributed by atoms with Gasteiger partial charge in [0.1, 0.15) is 13.2 Å². The Bertz CT molecular complexity index is 850. The van der Waals surface area contributed by atoms with Crippen LogP contribution in [-0.4, -0.2) is 37.2 Å². The SMILES string of the molecule is CCCCCC/C=C\CCCC(=O)OC(COC(=O)CCCCCCC/C=C\CCCCCCCCC)COC(=O)CCCCCCCCCCC. The third-order valence-corrected chi connectivity index (χ3v) is 9.68. The van der Waals surface area contributed by atoms with Crippen molar-refractivity contribution < 1.29 is 28.6 Å². The fraction of sp³-hybridized carbons (Fsp3) is 0.848. The van der Waals surface area contributed by atoms with E-state index in [1.54, 1.807) is 0 Å². The van der Waals surface area contributed by atoms with Crippen molar-refractivity contribution in [3.05, 3.63) is 24.3 Å². The molecule has 0 aliphatic carbocycles. The molecule has 6 heteroatoms. The molecular weight excluding hydrogens is 649 g/mol. The maximum Gasteiger partial charge on any atom is 0.306 e. The smallest absolute Gasteiger partial charge is 0.306 e. The van der Waals surface area contributed by atoms with E-state index in [4.69, 9.17) is 14.2 Å². The van der Waals surface area contributed by atoms with Gasteiger partial charge in [0.2, 0.25) is 0 Å². The normalized spacial score (nSPS) is 12.1. The van der Waals surface area contributed by atoms with Crippen LogP contribution in [0.3, 0.4) is 0 Å². The van der Waals surface area contributed by atoms with Gasteiger partial charge >= 0.3 is 17.9 Å². The fourth-order valence-electron chi connectivity index (χ4n) is 6.26. The molecule has 0 aromatic carbocycles. The van der Waals surface area contributed by atoms with E-state index in [1.807, 2.05) is 0 Å². The molecule has 0 heterocycles. The molecule has 0 aliphatic heterocycles. The molecule has 0 aromatic rings. The number of allylic oxidation sites excluding steroid dienone is 4. The van der Waals surface area contributed by atoms with Gasteiger partial charge in [0, 0.05) is 19.3 Å². The second-order valence-corrected chi connectivity index (χ2v) is 15.0. The third kappa shape index (κ3) is 39.1. The summed E-state index contributed by atoms with van der Waals surface area (Å²) in [5.74, 6) is -0.928. The van der Waals surface area contributed by atoms with Gasteiger partial charge in [-0.05, 0) is 64.2 Å². The molecule has 0 bridgehead atoms. The number of ether oxygens (including phenoxy) is 3. The monoisotopic (exact) mass is 733 g/mol. The summed E-state index contributed by atoms with van der Waals surface area (Å²) in [7, 11) is 0. The summed E-state index contributed by atoms with van der Waals surface area (Å²) in [6.07, 6.45) is 44.6. The Kier molecular flexibility index (Phi) is 40.0. The maximum atomic E-state index is 12.6. The van der Waals surface area contributed by atoms with Gasteiger partial charge in [0.15, 0.2) is 6.10 Å². The molecule has 0 fully saturated rings. The summed E-state index contributed by atoms with van der Waals surface area (Å²) < 4.78 is 16.6. The van der Waals surface area contributed by atoms with E-state index in [9.17, 15) is 14.4 Å². The van der Waals surface area contributed by atoms with Crippen molar-refractivity contribution in [2.45, 2.75) is 239 Å². The molecule has 1 atom stereocenters. The van der Waals surface area contributed by atoms with E-state index in [0.29, 0.717) is 19.3 Å². The predicted octanol–water partition coefficient (Wildman–Crippen LogP) is 14.0. The van der Waals surface area contributed by atoms with E-state index in [1.165, 1.54) is 128 Å². The van der Waals surface area contributed by atoms with E-state index in [0.717, 1.165) is 57.8 Å². The molecule has 6 nitrogen and oxygen atoms in total. The van der Waals surface area contributed by atoms with Crippen LogP contribution in [0.5, 0.6) is 0 Å². The topological polar surface area (TPSA) is 78.9 Å². The van der Waals surface area contributed by atoms with Crippen LogP contribution in [0, 0.1) is 0 Å². The summed E-state index contributed by atoms with van der Waals surface area (Å²) in [4.78, 5) is 37.5. The lowest BCUT2D eigenvalue weighted by Gasteiger charge is -2.18. The number of rotatable bonds is 40. The molecule has 0 saturated carbocycles. The first-order valence-electron chi connectivity index (χ1n) is 22.3. The minimum atomic E-state index is -0.781. The molecule has 0 radical (unpaired) electrons. The zero-order chi connectivity index (χ0) is 38.0. The van der Waals surface area contributed by atoms with Gasteiger partial charge in [-0.25, -0.2) is 0 Å². The highest BCUT2D eigenvalue weighted by molar-refractivity contribution is 5.71. The first-order chi connectivity index (χ1) is 25.5. The van der Waals surface area contributed by atoms with Crippen LogP contribution in [0.1, 0.15) is 233 Å². The van der Waals surface area contributed by atoms with Crippen LogP contribution >= 0.6 is 0 Å². The summed E-state index contributed by atoms with van der Waals surface area (Å²) in [6, 6.07) is 0. The van der Waals surface area contributed by atoms with Crippen LogP contribution in [0.15, 0.2) is 24.3 Å². The molecule has 1 unspecified atom stereocenters. The Labute approximate surface area is 322 Å². The number of carbonyl (C=O) groups is 3. The van der Waals surface area contributed by atoms with Gasteiger partial charge in [-0.3, -0.25) is 14.4 Å². The first kappa shape index (κ1) is 49.9. The van der Waals surface area contributed by atoms with Crippen LogP contribution in [0.25, 0.3) is 0 Å². The summed E-state index contributed by atoms with van der Waals surface area (Å²) in [5, 5.41) is 0. The lowest BCUT2D eigenvalue weighted by molar-refractivity contribution is -0.167. The minimum absolute atomic E-state index is 0.0829. The highest BCUT2D eigenvalue weighted by atomic mass is 16.6. The van der Waals surface area contributed by atoms with Crippen molar-refractivity contribution in [2.75, 3.05) is 13.2 Å². The third-order valence-electron chi connectivity index (χ3n) is 9.68. The van der Waals surface area contributed by atoms with Crippen molar-refractivity contribution in [1.29, 1.82) is 0 Å². The fourth-order valence-corrected chi connectivity index (χ4v) is 6.26. The molecule has 0 aliphatic rings. The number of carbonyl (C=O) groups excluding carboxylic acids is 3. The van der Waals surface area contributed by atoms with Crippen molar-refractivity contribution in [3.8, 4) is 0 Å². The number of esters is 3. The van der Waals surface area contributed by atoms with Crippen LogP contribution in [0.4, 0.5) is 0 Å². The van der Waals surface area contributed by atoms with Crippen molar-refractivity contribution >= 4 is 17.9 Å². The van der Waals surface area contributed by atoms with Crippen LogP contribution in [-0.2, 0) is 28.6 Å². The van der Waals surface area contributed by atoms with Gasteiger partial charge in [-0.1, -0.05) is 173 Å². The standard InChI is InChI=1S/C46H84O6/c1-4-7-10-13-16-19-20-21-22-23-24-25-28-30-33-36-39-45(48)51-42-43(52-46(49)40-37-34-31-27-18-15-12-9-6-3)41-50-44(47)38-35-32-29-26-17-14-11-8-5-2/h22-23,27,31,43H,4-21,24-26,28-30,32-42H2,1-3H3/b23-22-,31-27-. The summed E-state index contributed by atoms with van der Waals surface area (Å²) in [6.45, 7) is 6.54. The van der Waals surface area contributed by atoms with E-state index < -0.39 is 6.10 Å². The predicted molar refractivity (Wildman–Crippen MR) is 219 cm³/mol. The van der Waals surface area contributed by atoms with Gasteiger partial charge in [0.25, 0.3) is 0 Å². The Morgan fingerprint density at radius 2 is 0.654 bits per heavy atom. The Morgan fingerprint density at radius 1 is 0.365 bits per heavy atom. The molecule has 0 amide bonds. The minimum Gasteiger partial charge on any atom is -0.462 e. The molecule has 0 aromatic heterocycles. The first-order valence-corrected chi connectivity index (χ1v) is 22.3. The lowest BCUT2D eigenvalue weighted by Crippen LogP contribution is -2.30. The van der Waals surface area contributed by atoms with Gasteiger partial charge < -0.3 is 14.2 Å². The average Bonchev–Trinajstić information content (AvgIpc) is 3.14. The van der Waals surface area contributed by atoms with Gasteiger partial charge in [-0.15, -0.1) is 0 Å². The Hall–Kier alpha value is -2.11. The zero-order valence-electron chi connectivity index (χ0n) is 34.6. The highest BCUT2D eigenvalue weighted by Gasteiger charge is 2.19. The van der Waals surface area contributed by atoms with Crippen LogP contribution < -0.4 is 0 Å². The highest BCUT2D eigenvalue weighted by Crippen LogP contribution is 2.13. The molecule has 0 saturated heterocycles. The zero-order valence-corrected chi connectivity index (χ0v) is 34.6. The Balaban J connectivity index is 4.32. The van der Waals surface area contributed by atoms with Crippen molar-refractivity contribution in [2.24, 2.45) is 0 Å². The van der Waals surface area contributed by atoms with E-state index >= 15 is 0 Å². The molecular formula is C46H84O6. The molecule has 304 valence electrons. The van der Waals surface area contributed by atoms with Gasteiger partial charge in [-0.2, -0.15) is 0 Å². The molecule has 0 spiro atoms. The van der Waals surface area contributed by atoms with Crippen molar-refractivity contribution in [3.63, 3.8) is 0 Å². The average molecular weight is 733 g/mol. The summed E-state index contributed by atoms with van der Waals surface area (Å²) >= 11 is 0. The molecule has 52 heavy (non-hydrogen) atoms. The lowest BCUT2D eigenvalue weighted by atomic mass is 10.1. The van der Waals surface area contributed by atoms with Crippen molar-refractivity contribution in [1.82, 2.24) is 0 Å². The summed E-state index contributed by atoms with van der Waals surface area (Å²) in [5.41, 5.74) is 0. The second kappa shape index (κ2) is 41.6.